The van der Waals surface area contributed by atoms with Crippen molar-refractivity contribution in [3.8, 4) is 0 Å². The minimum absolute atomic E-state index is 0.286. The van der Waals surface area contributed by atoms with Crippen molar-refractivity contribution in [2.24, 2.45) is 5.73 Å². The number of carbonyl (C=O) groups excluding carboxylic acids is 1. The number of fused-ring (bicyclic) bond motifs is 2. The fourth-order valence-electron chi connectivity index (χ4n) is 4.93. The number of anilines is 3. The third-order valence-electron chi connectivity index (χ3n) is 6.36. The summed E-state index contributed by atoms with van der Waals surface area (Å²) < 4.78 is 1.55. The van der Waals surface area contributed by atoms with Crippen LogP contribution in [0.3, 0.4) is 0 Å². The van der Waals surface area contributed by atoms with Crippen LogP contribution in [0.25, 0.3) is 5.65 Å². The van der Waals surface area contributed by atoms with E-state index in [-0.39, 0.29) is 5.69 Å². The minimum Gasteiger partial charge on any atom is -0.385 e. The van der Waals surface area contributed by atoms with E-state index in [4.69, 9.17) is 10.8 Å². The number of hydrogen-bond acceptors (Lipinski definition) is 5. The summed E-state index contributed by atoms with van der Waals surface area (Å²) in [6.07, 6.45) is 9.11. The van der Waals surface area contributed by atoms with Crippen molar-refractivity contribution < 1.29 is 4.79 Å². The van der Waals surface area contributed by atoms with Crippen LogP contribution in [-0.4, -0.2) is 34.1 Å². The zero-order valence-electron chi connectivity index (χ0n) is 16.7. The largest absolute Gasteiger partial charge is 0.385 e. The Kier molecular flexibility index (Phi) is 4.38. The van der Waals surface area contributed by atoms with Gasteiger partial charge in [-0.15, -0.1) is 5.10 Å². The first-order chi connectivity index (χ1) is 14.2. The number of nitrogens with zero attached hydrogens (tertiary/aromatic N) is 4. The number of rotatable bonds is 4. The predicted molar refractivity (Wildman–Crippen MR) is 114 cm³/mol. The molecule has 1 aromatic carbocycles. The second-order valence-corrected chi connectivity index (χ2v) is 7.99. The van der Waals surface area contributed by atoms with Gasteiger partial charge < -0.3 is 16.0 Å². The molecule has 3 aromatic rings. The normalized spacial score (nSPS) is 16.9. The highest BCUT2D eigenvalue weighted by Crippen LogP contribution is 2.42. The molecule has 0 unspecified atom stereocenters. The summed E-state index contributed by atoms with van der Waals surface area (Å²) in [6.45, 7) is 0.876. The average molecular weight is 390 g/mol. The highest BCUT2D eigenvalue weighted by atomic mass is 16.1. The number of nitrogens with one attached hydrogen (secondary N) is 1. The molecule has 0 saturated heterocycles. The Morgan fingerprint density at radius 2 is 2.07 bits per heavy atom. The van der Waals surface area contributed by atoms with Crippen molar-refractivity contribution >= 4 is 28.7 Å². The van der Waals surface area contributed by atoms with Crippen molar-refractivity contribution in [1.29, 1.82) is 0 Å². The Labute approximate surface area is 169 Å². The zero-order valence-corrected chi connectivity index (χ0v) is 16.7. The number of benzene rings is 1. The van der Waals surface area contributed by atoms with Crippen molar-refractivity contribution in [3.63, 3.8) is 0 Å². The average Bonchev–Trinajstić information content (AvgIpc) is 3.37. The van der Waals surface area contributed by atoms with E-state index in [0.29, 0.717) is 11.6 Å². The molecule has 150 valence electrons. The molecule has 1 saturated carbocycles. The van der Waals surface area contributed by atoms with Crippen LogP contribution in [-0.2, 0) is 6.42 Å². The van der Waals surface area contributed by atoms with E-state index in [2.05, 4.69) is 33.4 Å². The van der Waals surface area contributed by atoms with Gasteiger partial charge in [-0.05, 0) is 42.4 Å². The Morgan fingerprint density at radius 1 is 1.24 bits per heavy atom. The van der Waals surface area contributed by atoms with Crippen LogP contribution in [0, 0.1) is 0 Å². The minimum atomic E-state index is -0.536. The van der Waals surface area contributed by atoms with Crippen LogP contribution in [0.2, 0.25) is 0 Å². The summed E-state index contributed by atoms with van der Waals surface area (Å²) in [7, 11) is 1.84. The molecule has 3 heterocycles. The molecule has 2 aliphatic rings. The summed E-state index contributed by atoms with van der Waals surface area (Å²) in [6, 6.07) is 8.66. The first-order valence-electron chi connectivity index (χ1n) is 10.4. The van der Waals surface area contributed by atoms with Crippen LogP contribution in [0.5, 0.6) is 0 Å². The quantitative estimate of drug-likeness (QED) is 0.710. The van der Waals surface area contributed by atoms with Gasteiger partial charge in [0.1, 0.15) is 5.69 Å². The first-order valence-corrected chi connectivity index (χ1v) is 10.4. The van der Waals surface area contributed by atoms with Crippen molar-refractivity contribution in [3.05, 3.63) is 47.3 Å². The molecule has 29 heavy (non-hydrogen) atoms. The fourth-order valence-corrected chi connectivity index (χ4v) is 4.93. The molecule has 7 heteroatoms. The van der Waals surface area contributed by atoms with Gasteiger partial charge in [-0.2, -0.15) is 0 Å². The number of imidazole rings is 1. The lowest BCUT2D eigenvalue weighted by Gasteiger charge is -2.25. The SMILES string of the molecule is CNc1cc(N2CCc3c(C4CCCCC4)cccc32)nn2c(C(N)=O)cnc12. The number of primary amides is 1. The van der Waals surface area contributed by atoms with Gasteiger partial charge in [0, 0.05) is 25.3 Å². The molecule has 0 radical (unpaired) electrons. The summed E-state index contributed by atoms with van der Waals surface area (Å²) in [5.41, 5.74) is 11.4. The van der Waals surface area contributed by atoms with Gasteiger partial charge in [-0.1, -0.05) is 31.4 Å². The number of carbonyl (C=O) groups is 1. The molecule has 5 rings (SSSR count). The Hall–Kier alpha value is -3.09. The standard InChI is InChI=1S/C22H26N6O/c1-24-17-12-20(26-28-19(21(23)29)13-25-22(17)28)27-11-10-16-15(8-5-9-18(16)27)14-6-3-2-4-7-14/h5,8-9,12-14,24H,2-4,6-7,10-11H2,1H3,(H2,23,29). The van der Waals surface area contributed by atoms with E-state index < -0.39 is 5.91 Å². The smallest absolute Gasteiger partial charge is 0.269 e. The van der Waals surface area contributed by atoms with E-state index in [1.54, 1.807) is 4.52 Å². The summed E-state index contributed by atoms with van der Waals surface area (Å²) in [5.74, 6) is 0.935. The van der Waals surface area contributed by atoms with Gasteiger partial charge in [-0.3, -0.25) is 4.79 Å². The molecule has 1 amide bonds. The van der Waals surface area contributed by atoms with Gasteiger partial charge in [0.05, 0.1) is 11.9 Å². The zero-order chi connectivity index (χ0) is 20.0. The topological polar surface area (TPSA) is 88.5 Å². The van der Waals surface area contributed by atoms with Crippen molar-refractivity contribution in [2.45, 2.75) is 44.4 Å². The molecule has 7 nitrogen and oxygen atoms in total. The van der Waals surface area contributed by atoms with Crippen LogP contribution in [0.1, 0.15) is 59.6 Å². The van der Waals surface area contributed by atoms with Crippen LogP contribution in [0.4, 0.5) is 17.2 Å². The van der Waals surface area contributed by atoms with Crippen molar-refractivity contribution in [2.75, 3.05) is 23.8 Å². The van der Waals surface area contributed by atoms with E-state index in [0.717, 1.165) is 24.5 Å². The number of amides is 1. The molecular formula is C22H26N6O. The van der Waals surface area contributed by atoms with Crippen LogP contribution < -0.4 is 16.0 Å². The molecular weight excluding hydrogens is 364 g/mol. The maximum Gasteiger partial charge on any atom is 0.269 e. The van der Waals surface area contributed by atoms with Crippen LogP contribution in [0.15, 0.2) is 30.5 Å². The van der Waals surface area contributed by atoms with E-state index in [1.807, 2.05) is 13.1 Å². The summed E-state index contributed by atoms with van der Waals surface area (Å²) in [4.78, 5) is 18.4. The van der Waals surface area contributed by atoms with Crippen LogP contribution >= 0.6 is 0 Å². The molecule has 0 bridgehead atoms. The maximum absolute atomic E-state index is 11.8. The second kappa shape index (κ2) is 7.06. The Bertz CT molecular complexity index is 1080. The van der Waals surface area contributed by atoms with E-state index in [1.165, 1.54) is 55.1 Å². The molecule has 1 aliphatic heterocycles. The lowest BCUT2D eigenvalue weighted by Crippen LogP contribution is -2.19. The lowest BCUT2D eigenvalue weighted by atomic mass is 9.81. The molecule has 0 spiro atoms. The first kappa shape index (κ1) is 18.0. The van der Waals surface area contributed by atoms with Gasteiger partial charge in [0.2, 0.25) is 0 Å². The monoisotopic (exact) mass is 390 g/mol. The molecule has 1 aliphatic carbocycles. The highest BCUT2D eigenvalue weighted by molar-refractivity contribution is 5.92. The van der Waals surface area contributed by atoms with Gasteiger partial charge >= 0.3 is 0 Å². The maximum atomic E-state index is 11.8. The number of aromatic nitrogens is 3. The third kappa shape index (κ3) is 2.92. The Morgan fingerprint density at radius 3 is 2.83 bits per heavy atom. The third-order valence-corrected chi connectivity index (χ3v) is 6.36. The number of nitrogens with two attached hydrogens (primary N) is 1. The van der Waals surface area contributed by atoms with Gasteiger partial charge in [0.15, 0.2) is 11.5 Å². The number of hydrogen-bond donors (Lipinski definition) is 2. The fraction of sp³-hybridized carbons (Fsp3) is 0.409. The van der Waals surface area contributed by atoms with Gasteiger partial charge in [-0.25, -0.2) is 9.50 Å². The van der Waals surface area contributed by atoms with Crippen molar-refractivity contribution in [1.82, 2.24) is 14.6 Å². The lowest BCUT2D eigenvalue weighted by molar-refractivity contribution is 0.0993. The molecule has 0 atom stereocenters. The van der Waals surface area contributed by atoms with E-state index in [9.17, 15) is 4.79 Å². The molecule has 1 fully saturated rings. The predicted octanol–water partition coefficient (Wildman–Crippen LogP) is 3.61. The van der Waals surface area contributed by atoms with Gasteiger partial charge in [0.25, 0.3) is 5.91 Å². The molecule has 2 aromatic heterocycles. The van der Waals surface area contributed by atoms with E-state index >= 15 is 0 Å². The Balaban J connectivity index is 1.59. The molecule has 3 N–H and O–H groups in total. The summed E-state index contributed by atoms with van der Waals surface area (Å²) >= 11 is 0. The second-order valence-electron chi connectivity index (χ2n) is 7.99. The highest BCUT2D eigenvalue weighted by Gasteiger charge is 2.28. The summed E-state index contributed by atoms with van der Waals surface area (Å²) in [5, 5.41) is 7.90.